The van der Waals surface area contributed by atoms with Crippen molar-refractivity contribution in [3.05, 3.63) is 46.3 Å². The van der Waals surface area contributed by atoms with E-state index in [1.807, 2.05) is 23.1 Å². The summed E-state index contributed by atoms with van der Waals surface area (Å²) in [6, 6.07) is 8.06. The minimum atomic E-state index is 0.0406. The molecule has 150 valence electrons. The van der Waals surface area contributed by atoms with E-state index in [0.717, 1.165) is 38.4 Å². The predicted molar refractivity (Wildman–Crippen MR) is 113 cm³/mol. The average Bonchev–Trinajstić information content (AvgIpc) is 3.36. The fourth-order valence-electron chi connectivity index (χ4n) is 4.03. The molecule has 1 amide bonds. The average molecular weight is 400 g/mol. The lowest BCUT2D eigenvalue weighted by Gasteiger charge is -2.26. The molecule has 0 bridgehead atoms. The van der Waals surface area contributed by atoms with Crippen LogP contribution in [0.1, 0.15) is 53.8 Å². The lowest BCUT2D eigenvalue weighted by molar-refractivity contribution is 0.0509. The zero-order valence-electron chi connectivity index (χ0n) is 16.4. The molecular weight excluding hydrogens is 370 g/mol. The van der Waals surface area contributed by atoms with Gasteiger partial charge in [0, 0.05) is 37.3 Å². The third-order valence-corrected chi connectivity index (χ3v) is 6.45. The highest BCUT2D eigenvalue weighted by Gasteiger charge is 2.24. The molecule has 1 atom stereocenters. The van der Waals surface area contributed by atoms with Gasteiger partial charge in [0.25, 0.3) is 5.91 Å². The molecule has 6 heteroatoms. The highest BCUT2D eigenvalue weighted by atomic mass is 32.1. The quantitative estimate of drug-likeness (QED) is 0.725. The molecule has 2 aromatic rings. The monoisotopic (exact) mass is 399 g/mol. The number of amides is 1. The minimum absolute atomic E-state index is 0.0406. The molecule has 2 aliphatic heterocycles. The zero-order valence-corrected chi connectivity index (χ0v) is 17.2. The first-order valence-corrected chi connectivity index (χ1v) is 11.3. The van der Waals surface area contributed by atoms with E-state index in [1.54, 1.807) is 17.5 Å². The SMILES string of the molecule is O=C(c1ccc(N2CCCCCC2)nc1)N(Cc1cccs1)CC1CCCO1. The molecule has 4 heterocycles. The fraction of sp³-hybridized carbons (Fsp3) is 0.545. The summed E-state index contributed by atoms with van der Waals surface area (Å²) in [7, 11) is 0. The zero-order chi connectivity index (χ0) is 19.2. The standard InChI is InChI=1S/C22H29N3O2S/c26-22(18-9-10-21(23-15-18)24-11-3-1-2-4-12-24)25(16-19-7-5-13-27-19)17-20-8-6-14-28-20/h6,8-10,14-15,19H,1-5,7,11-13,16-17H2. The number of anilines is 1. The molecule has 2 aromatic heterocycles. The van der Waals surface area contributed by atoms with Gasteiger partial charge in [-0.05, 0) is 49.3 Å². The summed E-state index contributed by atoms with van der Waals surface area (Å²) in [5.74, 6) is 1.03. The van der Waals surface area contributed by atoms with Crippen LogP contribution in [0.5, 0.6) is 0 Å². The summed E-state index contributed by atoms with van der Waals surface area (Å²) in [5, 5.41) is 2.06. The Morgan fingerprint density at radius 2 is 2.04 bits per heavy atom. The van der Waals surface area contributed by atoms with E-state index in [-0.39, 0.29) is 12.0 Å². The Balaban J connectivity index is 1.46. The van der Waals surface area contributed by atoms with Gasteiger partial charge in [-0.25, -0.2) is 4.98 Å². The van der Waals surface area contributed by atoms with Crippen LogP contribution in [0.3, 0.4) is 0 Å². The van der Waals surface area contributed by atoms with Gasteiger partial charge in [-0.15, -0.1) is 11.3 Å². The largest absolute Gasteiger partial charge is 0.376 e. The maximum atomic E-state index is 13.2. The lowest BCUT2D eigenvalue weighted by Crippen LogP contribution is -2.36. The van der Waals surface area contributed by atoms with Gasteiger partial charge in [0.1, 0.15) is 5.82 Å². The smallest absolute Gasteiger partial charge is 0.255 e. The van der Waals surface area contributed by atoms with Gasteiger partial charge >= 0.3 is 0 Å². The van der Waals surface area contributed by atoms with Crippen molar-refractivity contribution in [2.24, 2.45) is 0 Å². The third-order valence-electron chi connectivity index (χ3n) is 5.59. The number of rotatable bonds is 6. The van der Waals surface area contributed by atoms with E-state index in [0.29, 0.717) is 18.7 Å². The number of carbonyl (C=O) groups is 1. The van der Waals surface area contributed by atoms with Crippen molar-refractivity contribution in [3.8, 4) is 0 Å². The number of ether oxygens (including phenoxy) is 1. The molecule has 0 N–H and O–H groups in total. The van der Waals surface area contributed by atoms with Gasteiger partial charge in [0.15, 0.2) is 0 Å². The summed E-state index contributed by atoms with van der Waals surface area (Å²) in [5.41, 5.74) is 0.660. The molecule has 4 rings (SSSR count). The second-order valence-corrected chi connectivity index (χ2v) is 8.74. The molecule has 2 aliphatic rings. The van der Waals surface area contributed by atoms with Crippen LogP contribution in [-0.2, 0) is 11.3 Å². The molecule has 5 nitrogen and oxygen atoms in total. The van der Waals surface area contributed by atoms with Crippen molar-refractivity contribution >= 4 is 23.1 Å². The number of carbonyl (C=O) groups excluding carboxylic acids is 1. The molecule has 28 heavy (non-hydrogen) atoms. The minimum Gasteiger partial charge on any atom is -0.376 e. The maximum Gasteiger partial charge on any atom is 0.255 e. The van der Waals surface area contributed by atoms with Gasteiger partial charge in [-0.3, -0.25) is 4.79 Å². The Morgan fingerprint density at radius 1 is 1.18 bits per heavy atom. The Labute approximate surface area is 171 Å². The van der Waals surface area contributed by atoms with Gasteiger partial charge in [0.05, 0.1) is 18.2 Å². The third kappa shape index (κ3) is 4.92. The summed E-state index contributed by atoms with van der Waals surface area (Å²) >= 11 is 1.69. The van der Waals surface area contributed by atoms with E-state index in [2.05, 4.69) is 21.3 Å². The molecule has 0 radical (unpaired) electrons. The highest BCUT2D eigenvalue weighted by molar-refractivity contribution is 7.09. The van der Waals surface area contributed by atoms with E-state index in [4.69, 9.17) is 4.74 Å². The Morgan fingerprint density at radius 3 is 2.68 bits per heavy atom. The van der Waals surface area contributed by atoms with E-state index < -0.39 is 0 Å². The van der Waals surface area contributed by atoms with Crippen LogP contribution in [0.25, 0.3) is 0 Å². The van der Waals surface area contributed by atoms with Gasteiger partial charge in [-0.2, -0.15) is 0 Å². The van der Waals surface area contributed by atoms with Crippen LogP contribution in [-0.4, -0.2) is 48.1 Å². The summed E-state index contributed by atoms with van der Waals surface area (Å²) in [6.45, 7) is 4.19. The first kappa shape index (κ1) is 19.4. The van der Waals surface area contributed by atoms with Gasteiger partial charge in [0.2, 0.25) is 0 Å². The molecular formula is C22H29N3O2S. The van der Waals surface area contributed by atoms with E-state index in [1.165, 1.54) is 30.6 Å². The Hall–Kier alpha value is -1.92. The molecule has 2 saturated heterocycles. The molecule has 1 unspecified atom stereocenters. The highest BCUT2D eigenvalue weighted by Crippen LogP contribution is 2.21. The maximum absolute atomic E-state index is 13.2. The topological polar surface area (TPSA) is 45.7 Å². The van der Waals surface area contributed by atoms with Crippen LogP contribution in [0.4, 0.5) is 5.82 Å². The predicted octanol–water partition coefficient (Wildman–Crippen LogP) is 4.34. The number of nitrogens with zero attached hydrogens (tertiary/aromatic N) is 3. The molecule has 0 spiro atoms. The number of aromatic nitrogens is 1. The summed E-state index contributed by atoms with van der Waals surface area (Å²) in [4.78, 5) is 23.3. The second-order valence-electron chi connectivity index (χ2n) is 7.71. The van der Waals surface area contributed by atoms with Crippen LogP contribution in [0.2, 0.25) is 0 Å². The van der Waals surface area contributed by atoms with Crippen molar-refractivity contribution in [3.63, 3.8) is 0 Å². The number of hydrogen-bond donors (Lipinski definition) is 0. The molecule has 0 saturated carbocycles. The van der Waals surface area contributed by atoms with Crippen molar-refractivity contribution in [1.29, 1.82) is 0 Å². The van der Waals surface area contributed by atoms with Crippen LogP contribution < -0.4 is 4.90 Å². The summed E-state index contributed by atoms with van der Waals surface area (Å²) < 4.78 is 5.79. The molecule has 2 fully saturated rings. The lowest BCUT2D eigenvalue weighted by atomic mass is 10.2. The normalized spacial score (nSPS) is 20.1. The van der Waals surface area contributed by atoms with Crippen LogP contribution >= 0.6 is 11.3 Å². The Kier molecular flexibility index (Phi) is 6.60. The van der Waals surface area contributed by atoms with Gasteiger partial charge < -0.3 is 14.5 Å². The number of pyridine rings is 1. The number of thiophene rings is 1. The van der Waals surface area contributed by atoms with E-state index >= 15 is 0 Å². The van der Waals surface area contributed by atoms with Crippen LogP contribution in [0.15, 0.2) is 35.8 Å². The first-order chi connectivity index (χ1) is 13.8. The van der Waals surface area contributed by atoms with Crippen molar-refractivity contribution in [1.82, 2.24) is 9.88 Å². The van der Waals surface area contributed by atoms with Crippen molar-refractivity contribution in [2.45, 2.75) is 51.2 Å². The van der Waals surface area contributed by atoms with Crippen LogP contribution in [0, 0.1) is 0 Å². The first-order valence-electron chi connectivity index (χ1n) is 10.4. The Bertz CT molecular complexity index is 734. The summed E-state index contributed by atoms with van der Waals surface area (Å²) in [6.07, 6.45) is 9.05. The number of hydrogen-bond acceptors (Lipinski definition) is 5. The van der Waals surface area contributed by atoms with Gasteiger partial charge in [-0.1, -0.05) is 18.9 Å². The van der Waals surface area contributed by atoms with Crippen molar-refractivity contribution in [2.75, 3.05) is 31.1 Å². The van der Waals surface area contributed by atoms with E-state index in [9.17, 15) is 4.79 Å². The second kappa shape index (κ2) is 9.52. The molecule has 0 aliphatic carbocycles. The van der Waals surface area contributed by atoms with Crippen molar-refractivity contribution < 1.29 is 9.53 Å². The molecule has 0 aromatic carbocycles. The fourth-order valence-corrected chi connectivity index (χ4v) is 4.75.